The molecular weight excluding hydrogens is 593 g/mol. The van der Waals surface area contributed by atoms with Crippen molar-refractivity contribution in [2.24, 2.45) is 0 Å². The Kier molecular flexibility index (Phi) is 5.93. The van der Waals surface area contributed by atoms with Crippen LogP contribution in [-0.2, 0) is 19.3 Å². The average Bonchev–Trinajstić information content (AvgIpc) is 3.53. The summed E-state index contributed by atoms with van der Waals surface area (Å²) in [4.78, 5) is 0. The largest absolute Gasteiger partial charge is 0.457 e. The Labute approximate surface area is 287 Å². The molecule has 0 fully saturated rings. The molecule has 49 heavy (non-hydrogen) atoms. The van der Waals surface area contributed by atoms with Gasteiger partial charge in [0.15, 0.2) is 0 Å². The van der Waals surface area contributed by atoms with Crippen molar-refractivity contribution in [3.8, 4) is 0 Å². The predicted octanol–water partition coefficient (Wildman–Crippen LogP) is 12.7. The molecule has 1 nitrogen and oxygen atoms in total. The first-order valence-corrected chi connectivity index (χ1v) is 18.1. The highest BCUT2D eigenvalue weighted by Crippen LogP contribution is 2.45. The zero-order chi connectivity index (χ0) is 32.1. The monoisotopic (exact) mass is 628 g/mol. The van der Waals surface area contributed by atoms with E-state index in [-0.39, 0.29) is 0 Å². The fraction of sp³-hybridized carbons (Fsp3) is 0.167. The van der Waals surface area contributed by atoms with Crippen LogP contribution in [0.15, 0.2) is 113 Å². The molecule has 1 heterocycles. The Balaban J connectivity index is 0.990. The molecule has 0 amide bonds. The van der Waals surface area contributed by atoms with Crippen molar-refractivity contribution in [3.63, 3.8) is 0 Å². The fourth-order valence-electron chi connectivity index (χ4n) is 9.42. The lowest BCUT2D eigenvalue weighted by Gasteiger charge is -2.26. The smallest absolute Gasteiger partial charge is 0.131 e. The van der Waals surface area contributed by atoms with E-state index in [0.717, 1.165) is 56.5 Å². The quantitative estimate of drug-likeness (QED) is 0.174. The number of benzene rings is 5. The third kappa shape index (κ3) is 4.25. The second kappa shape index (κ2) is 10.5. The van der Waals surface area contributed by atoms with Crippen LogP contribution in [0.1, 0.15) is 87.6 Å². The van der Waals surface area contributed by atoms with Crippen LogP contribution < -0.4 is 0 Å². The van der Waals surface area contributed by atoms with Crippen LogP contribution in [-0.4, -0.2) is 0 Å². The minimum Gasteiger partial charge on any atom is -0.457 e. The van der Waals surface area contributed by atoms with E-state index in [4.69, 9.17) is 4.42 Å². The average molecular weight is 629 g/mol. The van der Waals surface area contributed by atoms with E-state index in [1.54, 1.807) is 0 Å². The predicted molar refractivity (Wildman–Crippen MR) is 207 cm³/mol. The fourth-order valence-corrected chi connectivity index (χ4v) is 9.42. The summed E-state index contributed by atoms with van der Waals surface area (Å²) in [6, 6.07) is 28.0. The second-order valence-electron chi connectivity index (χ2n) is 14.5. The van der Waals surface area contributed by atoms with Crippen molar-refractivity contribution in [1.29, 1.82) is 0 Å². The number of hydrogen-bond acceptors (Lipinski definition) is 1. The van der Waals surface area contributed by atoms with Gasteiger partial charge in [0, 0.05) is 17.0 Å². The van der Waals surface area contributed by atoms with E-state index in [9.17, 15) is 0 Å². The van der Waals surface area contributed by atoms with Crippen LogP contribution in [0, 0.1) is 0 Å². The molecule has 0 saturated heterocycles. The molecular formula is C48H36O. The Hall–Kier alpha value is -5.40. The Morgan fingerprint density at radius 2 is 1.33 bits per heavy atom. The first-order chi connectivity index (χ1) is 24.2. The SMILES string of the molecule is C1=CCC2C(=C1)C=Cc1cc3cccc(C4=Cc5oc6c(c5CC4)CCC(c4cccc5cc7ccc8c(c7cc45)C=CCC8)=C6)c3cc12. The molecule has 0 radical (unpaired) electrons. The molecule has 5 aliphatic rings. The zero-order valence-corrected chi connectivity index (χ0v) is 27.6. The van der Waals surface area contributed by atoms with Crippen LogP contribution in [0.3, 0.4) is 0 Å². The number of fused-ring (bicyclic) bond motifs is 11. The van der Waals surface area contributed by atoms with Crippen LogP contribution in [0.2, 0.25) is 0 Å². The highest BCUT2D eigenvalue weighted by Gasteiger charge is 2.27. The molecule has 0 saturated carbocycles. The third-order valence-corrected chi connectivity index (χ3v) is 11.9. The summed E-state index contributed by atoms with van der Waals surface area (Å²) in [6.45, 7) is 0. The molecule has 0 N–H and O–H groups in total. The lowest BCUT2D eigenvalue weighted by atomic mass is 9.77. The van der Waals surface area contributed by atoms with Gasteiger partial charge >= 0.3 is 0 Å². The number of rotatable bonds is 2. The first kappa shape index (κ1) is 27.5. The van der Waals surface area contributed by atoms with Gasteiger partial charge in [0.05, 0.1) is 0 Å². The van der Waals surface area contributed by atoms with E-state index in [2.05, 4.69) is 127 Å². The van der Waals surface area contributed by atoms with Crippen molar-refractivity contribution in [1.82, 2.24) is 0 Å². The summed E-state index contributed by atoms with van der Waals surface area (Å²) >= 11 is 0. The Bertz CT molecular complexity index is 2620. The minimum absolute atomic E-state index is 0.454. The van der Waals surface area contributed by atoms with E-state index in [0.29, 0.717) is 5.92 Å². The first-order valence-electron chi connectivity index (χ1n) is 18.1. The topological polar surface area (TPSA) is 13.1 Å². The molecule has 6 aromatic rings. The highest BCUT2D eigenvalue weighted by atomic mass is 16.3. The number of allylic oxidation sites excluding steroid dienone is 8. The number of aryl methyl sites for hydroxylation is 1. The van der Waals surface area contributed by atoms with Crippen molar-refractivity contribution < 1.29 is 4.42 Å². The molecule has 0 spiro atoms. The van der Waals surface area contributed by atoms with Crippen LogP contribution in [0.4, 0.5) is 0 Å². The van der Waals surface area contributed by atoms with Crippen LogP contribution in [0.25, 0.3) is 67.8 Å². The van der Waals surface area contributed by atoms with Gasteiger partial charge in [-0.15, -0.1) is 0 Å². The van der Waals surface area contributed by atoms with Crippen molar-refractivity contribution in [3.05, 3.63) is 165 Å². The molecule has 1 aromatic heterocycles. The van der Waals surface area contributed by atoms with Crippen LogP contribution in [0.5, 0.6) is 0 Å². The second-order valence-corrected chi connectivity index (χ2v) is 14.5. The summed E-state index contributed by atoms with van der Waals surface area (Å²) < 4.78 is 6.78. The molecule has 234 valence electrons. The maximum atomic E-state index is 6.78. The molecule has 0 bridgehead atoms. The molecule has 0 aliphatic heterocycles. The molecule has 1 heteroatoms. The zero-order valence-electron chi connectivity index (χ0n) is 27.6. The van der Waals surface area contributed by atoms with E-state index in [1.165, 1.54) is 93.5 Å². The van der Waals surface area contributed by atoms with E-state index >= 15 is 0 Å². The number of furan rings is 1. The summed E-state index contributed by atoms with van der Waals surface area (Å²) in [5, 5.41) is 8.02. The van der Waals surface area contributed by atoms with Gasteiger partial charge in [0.25, 0.3) is 0 Å². The van der Waals surface area contributed by atoms with Gasteiger partial charge in [-0.2, -0.15) is 0 Å². The molecule has 1 atom stereocenters. The summed E-state index contributed by atoms with van der Waals surface area (Å²) in [6.07, 6.45) is 28.2. The molecule has 5 aliphatic carbocycles. The molecule has 11 rings (SSSR count). The standard InChI is InChI=1S/C48H36O/c1-3-11-37-29(7-1)15-17-33-23-31-9-5-13-39(43(31)27-45(33)37)35-19-21-41-42-22-20-36(26-48(42)49-47(41)25-35)40-14-6-10-32-24-34-18-16-30-8-2-4-12-38(30)46(34)28-44(32)40/h1,3-7,9-10,12-18,23-28,37H,2,8,11,19-22H2. The number of hydrogen-bond donors (Lipinski definition) is 0. The maximum Gasteiger partial charge on any atom is 0.131 e. The molecule has 5 aromatic carbocycles. The van der Waals surface area contributed by atoms with Crippen molar-refractivity contribution >= 4 is 67.8 Å². The normalized spacial score (nSPS) is 18.8. The van der Waals surface area contributed by atoms with Crippen molar-refractivity contribution in [2.75, 3.05) is 0 Å². The van der Waals surface area contributed by atoms with Gasteiger partial charge in [0.1, 0.15) is 11.5 Å². The van der Waals surface area contributed by atoms with E-state index < -0.39 is 0 Å². The van der Waals surface area contributed by atoms with E-state index in [1.807, 2.05) is 0 Å². The lowest BCUT2D eigenvalue weighted by Crippen LogP contribution is -2.08. The highest BCUT2D eigenvalue weighted by molar-refractivity contribution is 6.07. The van der Waals surface area contributed by atoms with Gasteiger partial charge in [0.2, 0.25) is 0 Å². The Morgan fingerprint density at radius 3 is 2.12 bits per heavy atom. The molecule has 1 unspecified atom stereocenters. The summed E-state index contributed by atoms with van der Waals surface area (Å²) in [5.41, 5.74) is 15.4. The van der Waals surface area contributed by atoms with Gasteiger partial charge < -0.3 is 4.42 Å². The summed E-state index contributed by atoms with van der Waals surface area (Å²) in [7, 11) is 0. The van der Waals surface area contributed by atoms with Gasteiger partial charge in [-0.05, 0) is 164 Å². The van der Waals surface area contributed by atoms with Gasteiger partial charge in [-0.3, -0.25) is 0 Å². The lowest BCUT2D eigenvalue weighted by molar-refractivity contribution is 0.538. The van der Waals surface area contributed by atoms with Crippen LogP contribution >= 0.6 is 0 Å². The minimum atomic E-state index is 0.454. The van der Waals surface area contributed by atoms with Crippen molar-refractivity contribution in [2.45, 2.75) is 50.9 Å². The van der Waals surface area contributed by atoms with Gasteiger partial charge in [-0.1, -0.05) is 91.1 Å². The third-order valence-electron chi connectivity index (χ3n) is 11.9. The summed E-state index contributed by atoms with van der Waals surface area (Å²) in [5.74, 6) is 2.58. The van der Waals surface area contributed by atoms with Gasteiger partial charge in [-0.25, -0.2) is 0 Å². The maximum absolute atomic E-state index is 6.78. The Morgan fingerprint density at radius 1 is 0.592 bits per heavy atom.